The van der Waals surface area contributed by atoms with Gasteiger partial charge in [0.25, 0.3) is 0 Å². The van der Waals surface area contributed by atoms with Gasteiger partial charge in [-0.2, -0.15) is 0 Å². The topological polar surface area (TPSA) is 0 Å². The van der Waals surface area contributed by atoms with Gasteiger partial charge in [-0.3, -0.25) is 0 Å². The van der Waals surface area contributed by atoms with E-state index in [9.17, 15) is 0 Å². The van der Waals surface area contributed by atoms with Crippen molar-refractivity contribution in [1.82, 2.24) is 0 Å². The minimum Gasteiger partial charge on any atom is -0.0840 e. The highest BCUT2D eigenvalue weighted by atomic mass is 35.5. The van der Waals surface area contributed by atoms with Gasteiger partial charge in [0.15, 0.2) is 0 Å². The predicted molar refractivity (Wildman–Crippen MR) is 66.3 cm³/mol. The molecule has 0 spiro atoms. The normalized spacial score (nSPS) is 19.3. The maximum absolute atomic E-state index is 6.18. The van der Waals surface area contributed by atoms with Gasteiger partial charge in [0.1, 0.15) is 0 Å². The summed E-state index contributed by atoms with van der Waals surface area (Å²) in [4.78, 5) is 0. The van der Waals surface area contributed by atoms with E-state index in [1.165, 1.54) is 31.2 Å². The lowest BCUT2D eigenvalue weighted by atomic mass is 9.87. The van der Waals surface area contributed by atoms with Gasteiger partial charge >= 0.3 is 0 Å². The lowest BCUT2D eigenvalue weighted by Gasteiger charge is -2.19. The Labute approximate surface area is 97.6 Å². The first-order valence-corrected chi connectivity index (χ1v) is 6.38. The summed E-state index contributed by atoms with van der Waals surface area (Å²) in [5, 5.41) is 0.933. The highest BCUT2D eigenvalue weighted by Crippen LogP contribution is 2.33. The van der Waals surface area contributed by atoms with E-state index < -0.39 is 0 Å². The van der Waals surface area contributed by atoms with Crippen LogP contribution in [0.5, 0.6) is 0 Å². The molecule has 1 fully saturated rings. The Kier molecular flexibility index (Phi) is 3.69. The Morgan fingerprint density at radius 2 is 1.93 bits per heavy atom. The van der Waals surface area contributed by atoms with Gasteiger partial charge in [0.2, 0.25) is 0 Å². The summed E-state index contributed by atoms with van der Waals surface area (Å²) in [7, 11) is 0. The van der Waals surface area contributed by atoms with Crippen LogP contribution < -0.4 is 0 Å². The number of hydrogen-bond donors (Lipinski definition) is 0. The first-order valence-electron chi connectivity index (χ1n) is 6.01. The molecule has 1 aromatic rings. The summed E-state index contributed by atoms with van der Waals surface area (Å²) in [5.74, 6) is 1.72. The van der Waals surface area contributed by atoms with Crippen molar-refractivity contribution in [3.05, 3.63) is 34.9 Å². The van der Waals surface area contributed by atoms with Crippen LogP contribution in [0.15, 0.2) is 24.3 Å². The number of hydrogen-bond acceptors (Lipinski definition) is 0. The molecule has 0 heterocycles. The molecular formula is C14H19Cl. The van der Waals surface area contributed by atoms with E-state index in [2.05, 4.69) is 19.1 Å². The van der Waals surface area contributed by atoms with E-state index >= 15 is 0 Å². The van der Waals surface area contributed by atoms with Gasteiger partial charge in [-0.1, -0.05) is 62.4 Å². The molecule has 1 heteroatoms. The largest absolute Gasteiger partial charge is 0.0840 e. The minimum absolute atomic E-state index is 0.785. The molecule has 1 unspecified atom stereocenters. The molecule has 1 atom stereocenters. The fraction of sp³-hybridized carbons (Fsp3) is 0.571. The van der Waals surface area contributed by atoms with Crippen molar-refractivity contribution < 1.29 is 0 Å². The Morgan fingerprint density at radius 3 is 2.60 bits per heavy atom. The Hall–Kier alpha value is -0.490. The van der Waals surface area contributed by atoms with Gasteiger partial charge in [-0.15, -0.1) is 0 Å². The molecule has 1 aliphatic rings. The monoisotopic (exact) mass is 222 g/mol. The van der Waals surface area contributed by atoms with Crippen LogP contribution in [0.4, 0.5) is 0 Å². The molecule has 0 saturated heterocycles. The highest BCUT2D eigenvalue weighted by Gasteiger charge is 2.21. The first-order chi connectivity index (χ1) is 7.27. The third kappa shape index (κ3) is 2.75. The Balaban J connectivity index is 1.99. The van der Waals surface area contributed by atoms with Crippen LogP contribution in [-0.2, 0) is 6.42 Å². The maximum atomic E-state index is 6.18. The number of halogens is 1. The highest BCUT2D eigenvalue weighted by molar-refractivity contribution is 6.31. The van der Waals surface area contributed by atoms with Gasteiger partial charge < -0.3 is 0 Å². The zero-order chi connectivity index (χ0) is 10.7. The average Bonchev–Trinajstić information content (AvgIpc) is 2.74. The average molecular weight is 223 g/mol. The van der Waals surface area contributed by atoms with Crippen molar-refractivity contribution >= 4 is 11.6 Å². The fourth-order valence-corrected chi connectivity index (χ4v) is 2.92. The smallest absolute Gasteiger partial charge is 0.0438 e. The van der Waals surface area contributed by atoms with E-state index in [1.807, 2.05) is 12.1 Å². The Morgan fingerprint density at radius 1 is 1.27 bits per heavy atom. The zero-order valence-corrected chi connectivity index (χ0v) is 10.1. The molecule has 0 nitrogen and oxygen atoms in total. The molecule has 1 saturated carbocycles. The first kappa shape index (κ1) is 11.0. The van der Waals surface area contributed by atoms with Crippen molar-refractivity contribution in [1.29, 1.82) is 0 Å². The molecule has 1 aliphatic carbocycles. The van der Waals surface area contributed by atoms with E-state index in [-0.39, 0.29) is 0 Å². The lowest BCUT2D eigenvalue weighted by molar-refractivity contribution is 0.365. The van der Waals surface area contributed by atoms with Crippen LogP contribution in [0.1, 0.15) is 38.2 Å². The summed E-state index contributed by atoms with van der Waals surface area (Å²) in [6, 6.07) is 8.25. The summed E-state index contributed by atoms with van der Waals surface area (Å²) in [6.45, 7) is 2.37. The number of benzene rings is 1. The van der Waals surface area contributed by atoms with E-state index in [0.717, 1.165) is 23.3 Å². The fourth-order valence-electron chi connectivity index (χ4n) is 2.70. The van der Waals surface area contributed by atoms with Gasteiger partial charge in [0.05, 0.1) is 0 Å². The third-order valence-electron chi connectivity index (χ3n) is 3.70. The second-order valence-corrected chi connectivity index (χ2v) is 5.22. The van der Waals surface area contributed by atoms with Crippen LogP contribution in [0.25, 0.3) is 0 Å². The lowest BCUT2D eigenvalue weighted by Crippen LogP contribution is -2.10. The van der Waals surface area contributed by atoms with Crippen LogP contribution in [0.3, 0.4) is 0 Å². The Bertz CT molecular complexity index is 313. The molecule has 2 rings (SSSR count). The standard InChI is InChI=1S/C14H19Cl/c1-11(12-6-2-3-7-12)10-13-8-4-5-9-14(13)15/h4-5,8-9,11-12H,2-3,6-7,10H2,1H3. The quantitative estimate of drug-likeness (QED) is 0.695. The van der Waals surface area contributed by atoms with Gasteiger partial charge in [-0.25, -0.2) is 0 Å². The van der Waals surface area contributed by atoms with Crippen LogP contribution >= 0.6 is 11.6 Å². The minimum atomic E-state index is 0.785. The van der Waals surface area contributed by atoms with E-state index in [1.54, 1.807) is 0 Å². The van der Waals surface area contributed by atoms with Crippen LogP contribution in [0.2, 0.25) is 5.02 Å². The molecule has 0 amide bonds. The SMILES string of the molecule is CC(Cc1ccccc1Cl)C1CCCC1. The maximum Gasteiger partial charge on any atom is 0.0438 e. The molecule has 0 aromatic heterocycles. The molecule has 0 aliphatic heterocycles. The second kappa shape index (κ2) is 5.03. The molecule has 0 N–H and O–H groups in total. The van der Waals surface area contributed by atoms with Crippen LogP contribution in [0, 0.1) is 11.8 Å². The molecule has 82 valence electrons. The predicted octanol–water partition coefficient (Wildman–Crippen LogP) is 4.71. The van der Waals surface area contributed by atoms with E-state index in [0.29, 0.717) is 0 Å². The third-order valence-corrected chi connectivity index (χ3v) is 4.07. The summed E-state index contributed by atoms with van der Waals surface area (Å²) in [5.41, 5.74) is 1.32. The van der Waals surface area contributed by atoms with Gasteiger partial charge in [0, 0.05) is 5.02 Å². The van der Waals surface area contributed by atoms with Crippen molar-refractivity contribution in [3.63, 3.8) is 0 Å². The van der Waals surface area contributed by atoms with Gasteiger partial charge in [-0.05, 0) is 29.9 Å². The van der Waals surface area contributed by atoms with Crippen molar-refractivity contribution in [3.8, 4) is 0 Å². The zero-order valence-electron chi connectivity index (χ0n) is 9.38. The van der Waals surface area contributed by atoms with E-state index in [4.69, 9.17) is 11.6 Å². The van der Waals surface area contributed by atoms with Crippen molar-refractivity contribution in [2.45, 2.75) is 39.0 Å². The molecule has 0 radical (unpaired) electrons. The molecule has 15 heavy (non-hydrogen) atoms. The summed E-state index contributed by atoms with van der Waals surface area (Å²) in [6.07, 6.45) is 6.84. The number of rotatable bonds is 3. The molecule has 0 bridgehead atoms. The summed E-state index contributed by atoms with van der Waals surface area (Å²) >= 11 is 6.18. The summed E-state index contributed by atoms with van der Waals surface area (Å²) < 4.78 is 0. The van der Waals surface area contributed by atoms with Crippen molar-refractivity contribution in [2.24, 2.45) is 11.8 Å². The second-order valence-electron chi connectivity index (χ2n) is 4.82. The van der Waals surface area contributed by atoms with Crippen molar-refractivity contribution in [2.75, 3.05) is 0 Å². The molecular weight excluding hydrogens is 204 g/mol. The molecule has 1 aromatic carbocycles. The van der Waals surface area contributed by atoms with Crippen LogP contribution in [-0.4, -0.2) is 0 Å².